The van der Waals surface area contributed by atoms with Gasteiger partial charge in [0.15, 0.2) is 0 Å². The number of hydrogen-bond acceptors (Lipinski definition) is 9. The van der Waals surface area contributed by atoms with Crippen LogP contribution in [0.1, 0.15) is 44.9 Å². The van der Waals surface area contributed by atoms with Gasteiger partial charge >= 0.3 is 17.9 Å². The second kappa shape index (κ2) is 16.3. The number of nitrogens with one attached hydrogen (secondary N) is 3. The number of aliphatic hydroxyl groups is 1. The number of unbranched alkanes of at least 4 members (excludes halogenated alkanes) is 1. The lowest BCUT2D eigenvalue weighted by atomic mass is 10.1. The number of nitrogens with two attached hydrogens (primary N) is 2. The summed E-state index contributed by atoms with van der Waals surface area (Å²) in [5.41, 5.74) is 11.1. The van der Waals surface area contributed by atoms with Crippen molar-refractivity contribution in [1.82, 2.24) is 16.0 Å². The fourth-order valence-electron chi connectivity index (χ4n) is 2.71. The third-order valence-electron chi connectivity index (χ3n) is 4.66. The molecule has 15 nitrogen and oxygen atoms in total. The summed E-state index contributed by atoms with van der Waals surface area (Å²) in [5.74, 6) is -6.66. The van der Waals surface area contributed by atoms with Crippen LogP contribution in [-0.4, -0.2) is 93.4 Å². The normalized spacial score (nSPS) is 14.2. The van der Waals surface area contributed by atoms with Crippen molar-refractivity contribution in [3.8, 4) is 0 Å². The highest BCUT2D eigenvalue weighted by Crippen LogP contribution is 2.05. The lowest BCUT2D eigenvalue weighted by molar-refractivity contribution is -0.144. The topological polar surface area (TPSA) is 271 Å². The number of hydrogen-bond donors (Lipinski definition) is 9. The van der Waals surface area contributed by atoms with Crippen molar-refractivity contribution in [2.45, 2.75) is 69.1 Å². The zero-order valence-corrected chi connectivity index (χ0v) is 18.6. The quantitative estimate of drug-likeness (QED) is 0.0853. The van der Waals surface area contributed by atoms with Gasteiger partial charge in [-0.2, -0.15) is 0 Å². The second-order valence-electron chi connectivity index (χ2n) is 7.46. The van der Waals surface area contributed by atoms with Gasteiger partial charge in [-0.05, 0) is 38.6 Å². The average Bonchev–Trinajstić information content (AvgIpc) is 2.76. The van der Waals surface area contributed by atoms with Crippen LogP contribution >= 0.6 is 0 Å². The maximum absolute atomic E-state index is 12.7. The van der Waals surface area contributed by atoms with E-state index in [4.69, 9.17) is 26.8 Å². The van der Waals surface area contributed by atoms with Crippen molar-refractivity contribution in [1.29, 1.82) is 0 Å². The van der Waals surface area contributed by atoms with Gasteiger partial charge in [-0.1, -0.05) is 0 Å². The van der Waals surface area contributed by atoms with E-state index < -0.39 is 79.2 Å². The summed E-state index contributed by atoms with van der Waals surface area (Å²) in [6, 6.07) is -5.56. The molecular formula is C19H33N5O10. The molecule has 0 fully saturated rings. The third-order valence-corrected chi connectivity index (χ3v) is 4.66. The zero-order valence-electron chi connectivity index (χ0n) is 18.6. The number of aliphatic carboxylic acids is 3. The predicted octanol–water partition coefficient (Wildman–Crippen LogP) is -3.30. The highest BCUT2D eigenvalue weighted by molar-refractivity contribution is 5.94. The molecular weight excluding hydrogens is 458 g/mol. The first-order chi connectivity index (χ1) is 15.9. The van der Waals surface area contributed by atoms with Gasteiger partial charge in [-0.25, -0.2) is 4.79 Å². The summed E-state index contributed by atoms with van der Waals surface area (Å²) < 4.78 is 0. The largest absolute Gasteiger partial charge is 0.481 e. The maximum Gasteiger partial charge on any atom is 0.326 e. The van der Waals surface area contributed by atoms with Gasteiger partial charge in [0.25, 0.3) is 0 Å². The number of carbonyl (C=O) groups excluding carboxylic acids is 3. The molecule has 0 spiro atoms. The molecule has 15 heteroatoms. The van der Waals surface area contributed by atoms with E-state index in [0.29, 0.717) is 19.4 Å². The van der Waals surface area contributed by atoms with Crippen molar-refractivity contribution in [3.05, 3.63) is 0 Å². The summed E-state index contributed by atoms with van der Waals surface area (Å²) >= 11 is 0. The number of carbonyl (C=O) groups is 6. The Morgan fingerprint density at radius 2 is 1.18 bits per heavy atom. The van der Waals surface area contributed by atoms with Crippen LogP contribution in [0.25, 0.3) is 0 Å². The molecule has 34 heavy (non-hydrogen) atoms. The molecule has 4 unspecified atom stereocenters. The van der Waals surface area contributed by atoms with Crippen LogP contribution in [-0.2, 0) is 28.8 Å². The van der Waals surface area contributed by atoms with Gasteiger partial charge < -0.3 is 47.8 Å². The molecule has 0 bridgehead atoms. The molecule has 0 aliphatic heterocycles. The Hall–Kier alpha value is -3.30. The van der Waals surface area contributed by atoms with Gasteiger partial charge in [0, 0.05) is 12.8 Å². The van der Waals surface area contributed by atoms with Crippen molar-refractivity contribution < 1.29 is 49.2 Å². The van der Waals surface area contributed by atoms with Crippen LogP contribution in [0.3, 0.4) is 0 Å². The maximum atomic E-state index is 12.7. The van der Waals surface area contributed by atoms with Crippen molar-refractivity contribution >= 4 is 35.6 Å². The fraction of sp³-hybridized carbons (Fsp3) is 0.684. The number of carboxylic acids is 3. The fourth-order valence-corrected chi connectivity index (χ4v) is 2.71. The first kappa shape index (κ1) is 30.7. The number of rotatable bonds is 18. The number of aliphatic hydroxyl groups excluding tert-OH is 1. The number of carboxylic acid groups (broad SMARTS) is 3. The summed E-state index contributed by atoms with van der Waals surface area (Å²) in [6.07, 6.45) is -0.481. The lowest BCUT2D eigenvalue weighted by Gasteiger charge is -2.24. The van der Waals surface area contributed by atoms with E-state index in [2.05, 4.69) is 10.6 Å². The molecule has 0 aliphatic rings. The van der Waals surface area contributed by atoms with Crippen molar-refractivity contribution in [3.63, 3.8) is 0 Å². The van der Waals surface area contributed by atoms with Gasteiger partial charge in [0.05, 0.1) is 12.6 Å². The molecule has 0 aromatic heterocycles. The van der Waals surface area contributed by atoms with Crippen LogP contribution in [0.15, 0.2) is 0 Å². The molecule has 0 saturated carbocycles. The highest BCUT2D eigenvalue weighted by atomic mass is 16.4. The Morgan fingerprint density at radius 1 is 0.676 bits per heavy atom. The van der Waals surface area contributed by atoms with Crippen LogP contribution in [0, 0.1) is 0 Å². The van der Waals surface area contributed by atoms with Crippen LogP contribution in [0.5, 0.6) is 0 Å². The molecule has 0 radical (unpaired) electrons. The van der Waals surface area contributed by atoms with Crippen molar-refractivity contribution in [2.75, 3.05) is 13.2 Å². The van der Waals surface area contributed by atoms with E-state index in [1.54, 1.807) is 0 Å². The summed E-state index contributed by atoms with van der Waals surface area (Å²) in [6.45, 7) is -0.598. The Balaban J connectivity index is 5.24. The monoisotopic (exact) mass is 491 g/mol. The third kappa shape index (κ3) is 12.7. The molecule has 0 rings (SSSR count). The number of amides is 3. The van der Waals surface area contributed by atoms with E-state index >= 15 is 0 Å². The van der Waals surface area contributed by atoms with Gasteiger partial charge in [-0.15, -0.1) is 0 Å². The Labute approximate surface area is 195 Å². The Kier molecular flexibility index (Phi) is 14.7. The average molecular weight is 491 g/mol. The van der Waals surface area contributed by atoms with E-state index in [1.165, 1.54) is 0 Å². The molecule has 0 saturated heterocycles. The second-order valence-corrected chi connectivity index (χ2v) is 7.46. The summed E-state index contributed by atoms with van der Waals surface area (Å²) in [4.78, 5) is 69.9. The van der Waals surface area contributed by atoms with Crippen LogP contribution in [0.2, 0.25) is 0 Å². The lowest BCUT2D eigenvalue weighted by Crippen LogP contribution is -2.58. The highest BCUT2D eigenvalue weighted by Gasteiger charge is 2.30. The van der Waals surface area contributed by atoms with E-state index in [9.17, 15) is 33.9 Å². The molecule has 11 N–H and O–H groups in total. The van der Waals surface area contributed by atoms with Gasteiger partial charge in [0.1, 0.15) is 18.1 Å². The van der Waals surface area contributed by atoms with Crippen LogP contribution in [0.4, 0.5) is 0 Å². The first-order valence-corrected chi connectivity index (χ1v) is 10.6. The minimum absolute atomic E-state index is 0.0938. The molecule has 0 aromatic rings. The standard InChI is InChI=1S/C19H33N5O10/c20-8-2-1-3-11(22-16(30)10(21)4-6-14(26)27)17(31)24-13(9-25)18(32)23-12(19(33)34)5-7-15(28)29/h10-13,25H,1-9,20-21H2,(H,22,30)(H,23,32)(H,24,31)(H,26,27)(H,28,29)(H,33,34). The zero-order chi connectivity index (χ0) is 26.3. The predicted molar refractivity (Wildman–Crippen MR) is 115 cm³/mol. The van der Waals surface area contributed by atoms with Crippen molar-refractivity contribution in [2.24, 2.45) is 11.5 Å². The Bertz CT molecular complexity index is 732. The molecule has 4 atom stereocenters. The minimum Gasteiger partial charge on any atom is -0.481 e. The van der Waals surface area contributed by atoms with Crippen LogP contribution < -0.4 is 27.4 Å². The molecule has 0 aliphatic carbocycles. The van der Waals surface area contributed by atoms with E-state index in [0.717, 1.165) is 0 Å². The molecule has 3 amide bonds. The van der Waals surface area contributed by atoms with E-state index in [-0.39, 0.29) is 19.3 Å². The summed E-state index contributed by atoms with van der Waals surface area (Å²) in [5, 5.41) is 42.7. The Morgan fingerprint density at radius 3 is 1.68 bits per heavy atom. The molecule has 0 aromatic carbocycles. The van der Waals surface area contributed by atoms with Gasteiger partial charge in [-0.3, -0.25) is 24.0 Å². The molecule has 194 valence electrons. The smallest absolute Gasteiger partial charge is 0.326 e. The summed E-state index contributed by atoms with van der Waals surface area (Å²) in [7, 11) is 0. The van der Waals surface area contributed by atoms with Gasteiger partial charge in [0.2, 0.25) is 17.7 Å². The molecule has 0 heterocycles. The minimum atomic E-state index is -1.59. The first-order valence-electron chi connectivity index (χ1n) is 10.6. The van der Waals surface area contributed by atoms with E-state index in [1.807, 2.05) is 5.32 Å². The SMILES string of the molecule is NCCCCC(NC(=O)C(N)CCC(=O)O)C(=O)NC(CO)C(=O)NC(CCC(=O)O)C(=O)O.